The first-order valence-corrected chi connectivity index (χ1v) is 8.15. The van der Waals surface area contributed by atoms with Crippen LogP contribution in [0.3, 0.4) is 0 Å². The summed E-state index contributed by atoms with van der Waals surface area (Å²) < 4.78 is 5.44. The number of likely N-dealkylation sites (tertiary alicyclic amines) is 1. The van der Waals surface area contributed by atoms with Crippen molar-refractivity contribution in [2.24, 2.45) is 17.6 Å². The van der Waals surface area contributed by atoms with E-state index in [-0.39, 0.29) is 12.4 Å². The summed E-state index contributed by atoms with van der Waals surface area (Å²) in [7, 11) is 0. The summed E-state index contributed by atoms with van der Waals surface area (Å²) in [5.74, 6) is 2.37. The van der Waals surface area contributed by atoms with Gasteiger partial charge >= 0.3 is 0 Å². The highest BCUT2D eigenvalue weighted by Gasteiger charge is 2.40. The Labute approximate surface area is 134 Å². The van der Waals surface area contributed by atoms with Crippen molar-refractivity contribution in [1.29, 1.82) is 0 Å². The third-order valence-electron chi connectivity index (χ3n) is 4.70. The van der Waals surface area contributed by atoms with Gasteiger partial charge in [0.1, 0.15) is 0 Å². The fraction of sp³-hybridized carbons (Fsp3) is 0.533. The van der Waals surface area contributed by atoms with Gasteiger partial charge in [0.15, 0.2) is 5.76 Å². The third-order valence-corrected chi connectivity index (χ3v) is 5.58. The zero-order chi connectivity index (χ0) is 13.5. The van der Waals surface area contributed by atoms with Crippen LogP contribution in [0.25, 0.3) is 10.6 Å². The Morgan fingerprint density at radius 1 is 1.38 bits per heavy atom. The molecule has 0 aromatic carbocycles. The number of hydrogen-bond donors (Lipinski definition) is 1. The number of halogens is 1. The maximum absolute atomic E-state index is 6.18. The lowest BCUT2D eigenvalue weighted by molar-refractivity contribution is 0.287. The minimum absolute atomic E-state index is 0. The van der Waals surface area contributed by atoms with E-state index in [4.69, 9.17) is 10.3 Å². The molecule has 1 aliphatic heterocycles. The zero-order valence-electron chi connectivity index (χ0n) is 11.8. The number of thiophene rings is 1. The number of aromatic nitrogens is 1. The molecule has 0 spiro atoms. The van der Waals surface area contributed by atoms with Crippen LogP contribution in [0.1, 0.15) is 18.5 Å². The molecule has 6 heteroatoms. The summed E-state index contributed by atoms with van der Waals surface area (Å²) in [6.07, 6.45) is 2.50. The van der Waals surface area contributed by atoms with Gasteiger partial charge in [-0.05, 0) is 36.1 Å². The Kier molecular flexibility index (Phi) is 4.36. The topological polar surface area (TPSA) is 55.3 Å². The van der Waals surface area contributed by atoms with Crippen molar-refractivity contribution in [2.75, 3.05) is 13.1 Å². The molecule has 1 saturated carbocycles. The smallest absolute Gasteiger partial charge is 0.177 e. The van der Waals surface area contributed by atoms with Crippen molar-refractivity contribution in [3.8, 4) is 10.6 Å². The standard InChI is InChI=1S/C15H19N3OS.ClH/c16-13-4-3-10-7-18(9-12(10)13)8-11-6-14(19-17-11)15-2-1-5-20-15;/h1-2,5-6,10,12-13H,3-4,7-9,16H2;1H. The van der Waals surface area contributed by atoms with Crippen LogP contribution in [0, 0.1) is 11.8 Å². The van der Waals surface area contributed by atoms with E-state index in [0.29, 0.717) is 12.0 Å². The lowest BCUT2D eigenvalue weighted by Crippen LogP contribution is -2.30. The van der Waals surface area contributed by atoms with E-state index in [2.05, 4.69) is 27.6 Å². The fourth-order valence-corrected chi connectivity index (χ4v) is 4.35. The summed E-state index contributed by atoms with van der Waals surface area (Å²) in [6, 6.07) is 6.57. The van der Waals surface area contributed by atoms with Crippen LogP contribution < -0.4 is 5.73 Å². The van der Waals surface area contributed by atoms with Crippen molar-refractivity contribution in [1.82, 2.24) is 10.1 Å². The average molecular weight is 326 g/mol. The van der Waals surface area contributed by atoms with Crippen molar-refractivity contribution in [3.63, 3.8) is 0 Å². The van der Waals surface area contributed by atoms with Crippen LogP contribution in [0.5, 0.6) is 0 Å². The van der Waals surface area contributed by atoms with Gasteiger partial charge in [0, 0.05) is 31.7 Å². The summed E-state index contributed by atoms with van der Waals surface area (Å²) in [4.78, 5) is 3.62. The molecule has 4 nitrogen and oxygen atoms in total. The molecule has 3 unspecified atom stereocenters. The highest BCUT2D eigenvalue weighted by Crippen LogP contribution is 2.37. The molecule has 21 heavy (non-hydrogen) atoms. The second-order valence-electron chi connectivity index (χ2n) is 6.02. The Hall–Kier alpha value is -0.880. The predicted molar refractivity (Wildman–Crippen MR) is 86.5 cm³/mol. The largest absolute Gasteiger partial charge is 0.355 e. The second-order valence-corrected chi connectivity index (χ2v) is 6.97. The molecule has 1 saturated heterocycles. The molecular weight excluding hydrogens is 306 g/mol. The van der Waals surface area contributed by atoms with E-state index in [0.717, 1.165) is 35.3 Å². The minimum atomic E-state index is 0. The summed E-state index contributed by atoms with van der Waals surface area (Å²) in [5, 5.41) is 6.26. The number of nitrogens with zero attached hydrogens (tertiary/aromatic N) is 2. The van der Waals surface area contributed by atoms with Gasteiger partial charge in [0.05, 0.1) is 10.6 Å². The highest BCUT2D eigenvalue weighted by atomic mass is 35.5. The first-order valence-electron chi connectivity index (χ1n) is 7.27. The minimum Gasteiger partial charge on any atom is -0.355 e. The third kappa shape index (κ3) is 2.88. The van der Waals surface area contributed by atoms with Crippen molar-refractivity contribution in [3.05, 3.63) is 29.3 Å². The Morgan fingerprint density at radius 2 is 2.29 bits per heavy atom. The van der Waals surface area contributed by atoms with E-state index in [1.54, 1.807) is 11.3 Å². The maximum atomic E-state index is 6.18. The highest BCUT2D eigenvalue weighted by molar-refractivity contribution is 7.13. The number of rotatable bonds is 3. The molecule has 2 N–H and O–H groups in total. The maximum Gasteiger partial charge on any atom is 0.177 e. The zero-order valence-corrected chi connectivity index (χ0v) is 13.4. The molecule has 4 rings (SSSR count). The lowest BCUT2D eigenvalue weighted by atomic mass is 9.98. The lowest BCUT2D eigenvalue weighted by Gasteiger charge is -2.16. The fourth-order valence-electron chi connectivity index (χ4n) is 3.68. The molecule has 0 bridgehead atoms. The number of hydrogen-bond acceptors (Lipinski definition) is 5. The molecule has 0 radical (unpaired) electrons. The van der Waals surface area contributed by atoms with Gasteiger partial charge in [-0.15, -0.1) is 23.7 Å². The molecule has 1 aliphatic carbocycles. The first kappa shape index (κ1) is 15.0. The average Bonchev–Trinajstić information content (AvgIpc) is 3.17. The van der Waals surface area contributed by atoms with Gasteiger partial charge in [-0.2, -0.15) is 0 Å². The molecule has 2 aromatic heterocycles. The van der Waals surface area contributed by atoms with Crippen LogP contribution in [0.2, 0.25) is 0 Å². The molecule has 114 valence electrons. The molecule has 0 amide bonds. The predicted octanol–water partition coefficient (Wildman–Crippen LogP) is 2.99. The van der Waals surface area contributed by atoms with Crippen LogP contribution in [0.4, 0.5) is 0 Å². The van der Waals surface area contributed by atoms with E-state index < -0.39 is 0 Å². The monoisotopic (exact) mass is 325 g/mol. The van der Waals surface area contributed by atoms with Gasteiger partial charge in [0.25, 0.3) is 0 Å². The Morgan fingerprint density at radius 3 is 3.05 bits per heavy atom. The Balaban J connectivity index is 0.00000132. The second kappa shape index (κ2) is 6.08. The summed E-state index contributed by atoms with van der Waals surface area (Å²) in [6.45, 7) is 3.17. The normalized spacial score (nSPS) is 28.5. The SMILES string of the molecule is Cl.NC1CCC2CN(Cc3cc(-c4cccs4)on3)CC12. The van der Waals surface area contributed by atoms with E-state index in [1.165, 1.54) is 19.4 Å². The molecule has 3 heterocycles. The number of nitrogens with two attached hydrogens (primary N) is 1. The van der Waals surface area contributed by atoms with Crippen molar-refractivity contribution in [2.45, 2.75) is 25.4 Å². The van der Waals surface area contributed by atoms with Crippen molar-refractivity contribution >= 4 is 23.7 Å². The molecule has 2 aliphatic rings. The number of fused-ring (bicyclic) bond motifs is 1. The summed E-state index contributed by atoms with van der Waals surface area (Å²) >= 11 is 1.68. The van der Waals surface area contributed by atoms with Gasteiger partial charge in [-0.25, -0.2) is 0 Å². The molecule has 2 aromatic rings. The first-order chi connectivity index (χ1) is 9.79. The quantitative estimate of drug-likeness (QED) is 0.942. The van der Waals surface area contributed by atoms with Crippen LogP contribution >= 0.6 is 23.7 Å². The molecular formula is C15H20ClN3OS. The van der Waals surface area contributed by atoms with Crippen molar-refractivity contribution < 1.29 is 4.52 Å². The van der Waals surface area contributed by atoms with Gasteiger partial charge < -0.3 is 10.3 Å². The van der Waals surface area contributed by atoms with Gasteiger partial charge in [0.2, 0.25) is 0 Å². The van der Waals surface area contributed by atoms with E-state index >= 15 is 0 Å². The van der Waals surface area contributed by atoms with Crippen LogP contribution in [-0.2, 0) is 6.54 Å². The summed E-state index contributed by atoms with van der Waals surface area (Å²) in [5.41, 5.74) is 7.21. The van der Waals surface area contributed by atoms with Gasteiger partial charge in [-0.1, -0.05) is 11.2 Å². The Bertz CT molecular complexity index is 586. The van der Waals surface area contributed by atoms with E-state index in [1.807, 2.05) is 6.07 Å². The molecule has 3 atom stereocenters. The van der Waals surface area contributed by atoms with Crippen LogP contribution in [0.15, 0.2) is 28.1 Å². The van der Waals surface area contributed by atoms with Crippen LogP contribution in [-0.4, -0.2) is 29.2 Å². The van der Waals surface area contributed by atoms with Gasteiger partial charge in [-0.3, -0.25) is 4.90 Å². The molecule has 2 fully saturated rings. The van der Waals surface area contributed by atoms with E-state index in [9.17, 15) is 0 Å².